The van der Waals surface area contributed by atoms with E-state index in [4.69, 9.17) is 4.74 Å². The van der Waals surface area contributed by atoms with E-state index in [1.165, 1.54) is 13.0 Å². The molecule has 0 saturated heterocycles. The van der Waals surface area contributed by atoms with Crippen molar-refractivity contribution >= 4 is 23.3 Å². The summed E-state index contributed by atoms with van der Waals surface area (Å²) in [6.07, 6.45) is -1.15. The summed E-state index contributed by atoms with van der Waals surface area (Å²) < 4.78 is 18.5. The van der Waals surface area contributed by atoms with Gasteiger partial charge in [-0.25, -0.2) is 4.79 Å². The number of ether oxygens (including phenoxy) is 1. The number of carbonyl (C=O) groups excluding carboxylic acids is 2. The van der Waals surface area contributed by atoms with E-state index in [2.05, 4.69) is 5.32 Å². The molecule has 0 spiro atoms. The number of halogens is 1. The van der Waals surface area contributed by atoms with Crippen molar-refractivity contribution in [2.24, 2.45) is 0 Å². The minimum absolute atomic E-state index is 0.0257. The van der Waals surface area contributed by atoms with E-state index in [1.54, 1.807) is 19.1 Å². The van der Waals surface area contributed by atoms with E-state index in [-0.39, 0.29) is 5.69 Å². The van der Waals surface area contributed by atoms with Gasteiger partial charge in [-0.1, -0.05) is 12.1 Å². The molecule has 0 aliphatic carbocycles. The van der Waals surface area contributed by atoms with Gasteiger partial charge in [0.15, 0.2) is 6.10 Å². The maximum Gasteiger partial charge on any atom is 0.339 e. The highest BCUT2D eigenvalue weighted by Gasteiger charge is 2.22. The monoisotopic (exact) mass is 360 g/mol. The van der Waals surface area contributed by atoms with E-state index in [1.807, 2.05) is 13.0 Å². The highest BCUT2D eigenvalue weighted by molar-refractivity contribution is 5.98. The third kappa shape index (κ3) is 4.21. The van der Waals surface area contributed by atoms with Crippen LogP contribution in [0.3, 0.4) is 0 Å². The van der Waals surface area contributed by atoms with Gasteiger partial charge in [-0.3, -0.25) is 14.9 Å². The van der Waals surface area contributed by atoms with Crippen LogP contribution in [0.15, 0.2) is 36.4 Å². The Morgan fingerprint density at radius 1 is 1.23 bits per heavy atom. The molecular weight excluding hydrogens is 343 g/mol. The van der Waals surface area contributed by atoms with E-state index >= 15 is 0 Å². The van der Waals surface area contributed by atoms with Gasteiger partial charge in [-0.05, 0) is 50.1 Å². The maximum absolute atomic E-state index is 13.3. The number of aryl methyl sites for hydroxylation is 1. The second kappa shape index (κ2) is 7.73. The fourth-order valence-corrected chi connectivity index (χ4v) is 2.22. The van der Waals surface area contributed by atoms with Crippen LogP contribution in [-0.4, -0.2) is 22.9 Å². The van der Waals surface area contributed by atoms with Crippen molar-refractivity contribution in [2.45, 2.75) is 26.9 Å². The predicted octanol–water partition coefficient (Wildman–Crippen LogP) is 3.53. The normalized spacial score (nSPS) is 11.5. The summed E-state index contributed by atoms with van der Waals surface area (Å²) in [5.74, 6) is -2.36. The average Bonchev–Trinajstić information content (AvgIpc) is 2.58. The second-order valence-electron chi connectivity index (χ2n) is 5.71. The first-order chi connectivity index (χ1) is 12.2. The van der Waals surface area contributed by atoms with Crippen molar-refractivity contribution in [1.82, 2.24) is 0 Å². The highest BCUT2D eigenvalue weighted by Crippen LogP contribution is 2.22. The lowest BCUT2D eigenvalue weighted by molar-refractivity contribution is -0.387. The van der Waals surface area contributed by atoms with E-state index < -0.39 is 34.4 Å². The molecule has 0 heterocycles. The minimum atomic E-state index is -1.15. The standard InChI is InChI=1S/C18H17FN2O5/c1-10-5-4-6-14(11(10)2)18(23)26-12(3)17(22)20-13-7-8-15(19)16(9-13)21(24)25/h4-9,12H,1-3H3,(H,20,22)/t12-/m1/s1. The number of nitrogens with zero attached hydrogens (tertiary/aromatic N) is 1. The molecule has 0 aromatic heterocycles. The van der Waals surface area contributed by atoms with E-state index in [0.29, 0.717) is 5.56 Å². The molecule has 1 amide bonds. The van der Waals surface area contributed by atoms with Crippen molar-refractivity contribution < 1.29 is 23.6 Å². The fourth-order valence-electron chi connectivity index (χ4n) is 2.22. The molecule has 2 aromatic carbocycles. The topological polar surface area (TPSA) is 98.5 Å². The Balaban J connectivity index is 2.08. The first-order valence-electron chi connectivity index (χ1n) is 7.72. The van der Waals surface area contributed by atoms with Gasteiger partial charge in [0.25, 0.3) is 5.91 Å². The van der Waals surface area contributed by atoms with E-state index in [9.17, 15) is 24.1 Å². The molecule has 0 aliphatic heterocycles. The first kappa shape index (κ1) is 19.0. The van der Waals surface area contributed by atoms with Crippen LogP contribution in [0.1, 0.15) is 28.4 Å². The van der Waals surface area contributed by atoms with Crippen molar-refractivity contribution in [3.05, 3.63) is 69.0 Å². The average molecular weight is 360 g/mol. The number of rotatable bonds is 5. The van der Waals surface area contributed by atoms with Crippen LogP contribution in [-0.2, 0) is 9.53 Å². The number of carbonyl (C=O) groups is 2. The lowest BCUT2D eigenvalue weighted by Gasteiger charge is -2.15. The summed E-state index contributed by atoms with van der Waals surface area (Å²) in [6, 6.07) is 8.11. The summed E-state index contributed by atoms with van der Waals surface area (Å²) >= 11 is 0. The Kier molecular flexibility index (Phi) is 5.66. The molecule has 2 aromatic rings. The second-order valence-corrected chi connectivity index (χ2v) is 5.71. The van der Waals surface area contributed by atoms with Gasteiger partial charge in [-0.15, -0.1) is 0 Å². The van der Waals surface area contributed by atoms with Gasteiger partial charge in [0, 0.05) is 11.8 Å². The Hall–Kier alpha value is -3.29. The molecule has 0 radical (unpaired) electrons. The zero-order valence-corrected chi connectivity index (χ0v) is 14.4. The number of nitro groups is 1. The van der Waals surface area contributed by atoms with Crippen LogP contribution in [0.2, 0.25) is 0 Å². The molecule has 0 aliphatic rings. The Bertz CT molecular complexity index is 882. The third-order valence-electron chi connectivity index (χ3n) is 3.89. The van der Waals surface area contributed by atoms with Crippen molar-refractivity contribution in [3.63, 3.8) is 0 Å². The van der Waals surface area contributed by atoms with Crippen LogP contribution in [0.5, 0.6) is 0 Å². The number of nitrogens with one attached hydrogen (secondary N) is 1. The number of hydrogen-bond donors (Lipinski definition) is 1. The first-order valence-corrected chi connectivity index (χ1v) is 7.72. The summed E-state index contributed by atoms with van der Waals surface area (Å²) in [6.45, 7) is 4.99. The molecule has 8 heteroatoms. The molecule has 0 unspecified atom stereocenters. The fraction of sp³-hybridized carbons (Fsp3) is 0.222. The van der Waals surface area contributed by atoms with E-state index in [0.717, 1.165) is 23.3 Å². The molecule has 26 heavy (non-hydrogen) atoms. The van der Waals surface area contributed by atoms with Gasteiger partial charge < -0.3 is 10.1 Å². The molecule has 0 fully saturated rings. The van der Waals surface area contributed by atoms with Crippen LogP contribution >= 0.6 is 0 Å². The third-order valence-corrected chi connectivity index (χ3v) is 3.89. The van der Waals surface area contributed by atoms with Crippen LogP contribution < -0.4 is 5.32 Å². The molecular formula is C18H17FN2O5. The molecule has 1 atom stereocenters. The maximum atomic E-state index is 13.3. The van der Waals surface area contributed by atoms with Crippen LogP contribution in [0.4, 0.5) is 15.8 Å². The molecule has 0 bridgehead atoms. The summed E-state index contributed by atoms with van der Waals surface area (Å²) in [5.41, 5.74) is 1.28. The van der Waals surface area contributed by atoms with Gasteiger partial charge in [-0.2, -0.15) is 4.39 Å². The molecule has 0 saturated carbocycles. The van der Waals surface area contributed by atoms with Crippen molar-refractivity contribution in [3.8, 4) is 0 Å². The predicted molar refractivity (Wildman–Crippen MR) is 92.5 cm³/mol. The van der Waals surface area contributed by atoms with Gasteiger partial charge in [0.05, 0.1) is 10.5 Å². The smallest absolute Gasteiger partial charge is 0.339 e. The summed E-state index contributed by atoms with van der Waals surface area (Å²) in [5, 5.41) is 13.1. The molecule has 2 rings (SSSR count). The number of anilines is 1. The van der Waals surface area contributed by atoms with Crippen molar-refractivity contribution in [2.75, 3.05) is 5.32 Å². The Morgan fingerprint density at radius 2 is 1.92 bits per heavy atom. The largest absolute Gasteiger partial charge is 0.449 e. The summed E-state index contributed by atoms with van der Waals surface area (Å²) in [4.78, 5) is 34.2. The number of benzene rings is 2. The number of esters is 1. The number of nitro benzene ring substituents is 1. The lowest BCUT2D eigenvalue weighted by atomic mass is 10.0. The SMILES string of the molecule is Cc1cccc(C(=O)O[C@H](C)C(=O)Nc2ccc(F)c([N+](=O)[O-])c2)c1C. The number of amides is 1. The van der Waals surface area contributed by atoms with Crippen LogP contribution in [0, 0.1) is 29.8 Å². The Labute approximate surface area is 148 Å². The van der Waals surface area contributed by atoms with Gasteiger partial charge >= 0.3 is 11.7 Å². The minimum Gasteiger partial charge on any atom is -0.449 e. The van der Waals surface area contributed by atoms with Gasteiger partial charge in [0.1, 0.15) is 0 Å². The Morgan fingerprint density at radius 3 is 2.58 bits per heavy atom. The lowest BCUT2D eigenvalue weighted by Crippen LogP contribution is -2.30. The molecule has 7 nitrogen and oxygen atoms in total. The van der Waals surface area contributed by atoms with Crippen molar-refractivity contribution in [1.29, 1.82) is 0 Å². The summed E-state index contributed by atoms with van der Waals surface area (Å²) in [7, 11) is 0. The zero-order valence-electron chi connectivity index (χ0n) is 14.4. The van der Waals surface area contributed by atoms with Gasteiger partial charge in [0.2, 0.25) is 5.82 Å². The quantitative estimate of drug-likeness (QED) is 0.500. The highest BCUT2D eigenvalue weighted by atomic mass is 19.1. The number of hydrogen-bond acceptors (Lipinski definition) is 5. The molecule has 1 N–H and O–H groups in total. The molecule has 136 valence electrons. The van der Waals surface area contributed by atoms with Crippen LogP contribution in [0.25, 0.3) is 0 Å². The zero-order chi connectivity index (χ0) is 19.4.